The molecule has 6 heteroatoms. The van der Waals surface area contributed by atoms with Gasteiger partial charge in [-0.3, -0.25) is 9.59 Å². The summed E-state index contributed by atoms with van der Waals surface area (Å²) in [6, 6.07) is 15.4. The summed E-state index contributed by atoms with van der Waals surface area (Å²) in [4.78, 5) is 24.7. The molecule has 29 heavy (non-hydrogen) atoms. The van der Waals surface area contributed by atoms with Crippen LogP contribution >= 0.6 is 0 Å². The van der Waals surface area contributed by atoms with Gasteiger partial charge >= 0.3 is 0 Å². The zero-order chi connectivity index (χ0) is 20.2. The molecule has 1 aliphatic rings. The molecule has 1 unspecified atom stereocenters. The third-order valence-corrected chi connectivity index (χ3v) is 5.32. The van der Waals surface area contributed by atoms with Gasteiger partial charge in [0.15, 0.2) is 6.10 Å². The third kappa shape index (κ3) is 4.31. The molecule has 0 saturated heterocycles. The SMILES string of the molecule is CC(Oc1cccc2ccccc12)C(=O)NCCn1nc2c(cc1=O)CCCC2. The Morgan fingerprint density at radius 3 is 2.86 bits per heavy atom. The molecule has 1 aliphatic carbocycles. The monoisotopic (exact) mass is 391 g/mol. The lowest BCUT2D eigenvalue weighted by Crippen LogP contribution is -2.39. The zero-order valence-corrected chi connectivity index (χ0v) is 16.6. The van der Waals surface area contributed by atoms with Crippen LogP contribution in [-0.4, -0.2) is 28.3 Å². The summed E-state index contributed by atoms with van der Waals surface area (Å²) in [6.07, 6.45) is 3.42. The average molecular weight is 391 g/mol. The molecule has 1 N–H and O–H groups in total. The first-order chi connectivity index (χ1) is 14.1. The summed E-state index contributed by atoms with van der Waals surface area (Å²) < 4.78 is 7.34. The Bertz CT molecular complexity index is 1080. The number of aryl methyl sites for hydroxylation is 2. The second-order valence-electron chi connectivity index (χ2n) is 7.41. The van der Waals surface area contributed by atoms with Gasteiger partial charge in [0, 0.05) is 18.0 Å². The minimum absolute atomic E-state index is 0.111. The first kappa shape index (κ1) is 19.2. The van der Waals surface area contributed by atoms with Gasteiger partial charge in [0.25, 0.3) is 11.5 Å². The van der Waals surface area contributed by atoms with E-state index in [0.717, 1.165) is 47.7 Å². The highest BCUT2D eigenvalue weighted by atomic mass is 16.5. The fourth-order valence-electron chi connectivity index (χ4n) is 3.73. The number of carbonyl (C=O) groups is 1. The highest BCUT2D eigenvalue weighted by Crippen LogP contribution is 2.26. The van der Waals surface area contributed by atoms with E-state index in [0.29, 0.717) is 18.8 Å². The fraction of sp³-hybridized carbons (Fsp3) is 0.348. The number of carbonyl (C=O) groups excluding carboxylic acids is 1. The van der Waals surface area contributed by atoms with Crippen molar-refractivity contribution < 1.29 is 9.53 Å². The number of benzene rings is 2. The molecule has 0 spiro atoms. The van der Waals surface area contributed by atoms with Gasteiger partial charge in [-0.15, -0.1) is 0 Å². The lowest BCUT2D eigenvalue weighted by atomic mass is 9.97. The number of amides is 1. The smallest absolute Gasteiger partial charge is 0.267 e. The second-order valence-corrected chi connectivity index (χ2v) is 7.41. The van der Waals surface area contributed by atoms with Crippen LogP contribution in [0.1, 0.15) is 31.0 Å². The molecule has 0 bridgehead atoms. The number of aromatic nitrogens is 2. The van der Waals surface area contributed by atoms with Crippen LogP contribution in [0.25, 0.3) is 10.8 Å². The Hall–Kier alpha value is -3.15. The maximum absolute atomic E-state index is 12.4. The Balaban J connectivity index is 1.35. The summed E-state index contributed by atoms with van der Waals surface area (Å²) in [5.74, 6) is 0.460. The van der Waals surface area contributed by atoms with Gasteiger partial charge in [-0.2, -0.15) is 5.10 Å². The minimum Gasteiger partial charge on any atom is -0.480 e. The summed E-state index contributed by atoms with van der Waals surface area (Å²) in [5, 5.41) is 9.36. The van der Waals surface area contributed by atoms with Crippen LogP contribution in [-0.2, 0) is 24.2 Å². The first-order valence-corrected chi connectivity index (χ1v) is 10.1. The van der Waals surface area contributed by atoms with Crippen molar-refractivity contribution >= 4 is 16.7 Å². The quantitative estimate of drug-likeness (QED) is 0.701. The van der Waals surface area contributed by atoms with Gasteiger partial charge in [-0.05, 0) is 49.6 Å². The van der Waals surface area contributed by atoms with Gasteiger partial charge in [0.2, 0.25) is 0 Å². The number of hydrogen-bond donors (Lipinski definition) is 1. The van der Waals surface area contributed by atoms with Crippen LogP contribution in [0.5, 0.6) is 5.75 Å². The molecular weight excluding hydrogens is 366 g/mol. The summed E-state index contributed by atoms with van der Waals surface area (Å²) in [5.41, 5.74) is 1.97. The number of rotatable bonds is 6. The maximum atomic E-state index is 12.4. The van der Waals surface area contributed by atoms with Gasteiger partial charge in [-0.1, -0.05) is 36.4 Å². The summed E-state index contributed by atoms with van der Waals surface area (Å²) >= 11 is 0. The van der Waals surface area contributed by atoms with Crippen molar-refractivity contribution in [3.05, 3.63) is 70.1 Å². The number of fused-ring (bicyclic) bond motifs is 2. The molecule has 1 aromatic heterocycles. The Morgan fingerprint density at radius 2 is 1.97 bits per heavy atom. The van der Waals surface area contributed by atoms with E-state index in [4.69, 9.17) is 4.74 Å². The first-order valence-electron chi connectivity index (χ1n) is 10.1. The predicted octanol–water partition coefficient (Wildman–Crippen LogP) is 2.86. The summed E-state index contributed by atoms with van der Waals surface area (Å²) in [6.45, 7) is 2.40. The lowest BCUT2D eigenvalue weighted by molar-refractivity contribution is -0.127. The van der Waals surface area contributed by atoms with E-state index in [9.17, 15) is 9.59 Å². The van der Waals surface area contributed by atoms with Crippen LogP contribution in [0.15, 0.2) is 53.3 Å². The number of hydrogen-bond acceptors (Lipinski definition) is 4. The molecule has 0 radical (unpaired) electrons. The fourth-order valence-corrected chi connectivity index (χ4v) is 3.73. The van der Waals surface area contributed by atoms with Crippen LogP contribution in [0.2, 0.25) is 0 Å². The average Bonchev–Trinajstić information content (AvgIpc) is 2.74. The van der Waals surface area contributed by atoms with Crippen molar-refractivity contribution in [1.82, 2.24) is 15.1 Å². The number of nitrogens with one attached hydrogen (secondary N) is 1. The molecule has 0 aliphatic heterocycles. The Kier molecular flexibility index (Phi) is 5.60. The van der Waals surface area contributed by atoms with Gasteiger partial charge in [0.1, 0.15) is 5.75 Å². The van der Waals surface area contributed by atoms with Crippen LogP contribution < -0.4 is 15.6 Å². The second kappa shape index (κ2) is 8.47. The third-order valence-electron chi connectivity index (χ3n) is 5.32. The molecule has 6 nitrogen and oxygen atoms in total. The highest BCUT2D eigenvalue weighted by molar-refractivity contribution is 5.89. The predicted molar refractivity (Wildman–Crippen MR) is 112 cm³/mol. The highest BCUT2D eigenvalue weighted by Gasteiger charge is 2.16. The van der Waals surface area contributed by atoms with E-state index in [2.05, 4.69) is 10.4 Å². The summed E-state index contributed by atoms with van der Waals surface area (Å²) in [7, 11) is 0. The molecule has 150 valence electrons. The van der Waals surface area contributed by atoms with E-state index >= 15 is 0 Å². The zero-order valence-electron chi connectivity index (χ0n) is 16.6. The van der Waals surface area contributed by atoms with E-state index in [1.807, 2.05) is 42.5 Å². The normalized spacial score (nSPS) is 14.2. The molecule has 0 saturated carbocycles. The molecule has 4 rings (SSSR count). The van der Waals surface area contributed by atoms with Crippen molar-refractivity contribution in [3.8, 4) is 5.75 Å². The van der Waals surface area contributed by atoms with Crippen LogP contribution in [0.4, 0.5) is 0 Å². The number of nitrogens with zero attached hydrogens (tertiary/aromatic N) is 2. The Labute approximate surface area is 169 Å². The topological polar surface area (TPSA) is 73.2 Å². The van der Waals surface area contributed by atoms with Gasteiger partial charge < -0.3 is 10.1 Å². The van der Waals surface area contributed by atoms with Gasteiger partial charge in [-0.25, -0.2) is 4.68 Å². The van der Waals surface area contributed by atoms with Crippen LogP contribution in [0.3, 0.4) is 0 Å². The molecule has 0 fully saturated rings. The van der Waals surface area contributed by atoms with E-state index in [-0.39, 0.29) is 11.5 Å². The van der Waals surface area contributed by atoms with E-state index in [1.54, 1.807) is 13.0 Å². The van der Waals surface area contributed by atoms with Crippen molar-refractivity contribution in [2.75, 3.05) is 6.54 Å². The van der Waals surface area contributed by atoms with Crippen molar-refractivity contribution in [1.29, 1.82) is 0 Å². The molecule has 1 amide bonds. The molecule has 2 aromatic carbocycles. The molecule has 1 heterocycles. The van der Waals surface area contributed by atoms with E-state index < -0.39 is 6.10 Å². The van der Waals surface area contributed by atoms with Gasteiger partial charge in [0.05, 0.1) is 12.2 Å². The minimum atomic E-state index is -0.644. The molecular formula is C23H25N3O3. The largest absolute Gasteiger partial charge is 0.480 e. The lowest BCUT2D eigenvalue weighted by Gasteiger charge is -2.17. The molecule has 1 atom stereocenters. The molecule has 3 aromatic rings. The Morgan fingerprint density at radius 1 is 1.17 bits per heavy atom. The van der Waals surface area contributed by atoms with Crippen molar-refractivity contribution in [2.24, 2.45) is 0 Å². The standard InChI is InChI=1S/C23H25N3O3/c1-16(29-21-12-6-9-17-7-2-4-10-19(17)21)23(28)24-13-14-26-22(27)15-18-8-3-5-11-20(18)25-26/h2,4,6-7,9-10,12,15-16H,3,5,8,11,13-14H2,1H3,(H,24,28). The van der Waals surface area contributed by atoms with Crippen LogP contribution in [0, 0.1) is 0 Å². The van der Waals surface area contributed by atoms with Crippen molar-refractivity contribution in [2.45, 2.75) is 45.3 Å². The maximum Gasteiger partial charge on any atom is 0.267 e. The van der Waals surface area contributed by atoms with E-state index in [1.165, 1.54) is 4.68 Å². The number of ether oxygens (including phenoxy) is 1. The van der Waals surface area contributed by atoms with Crippen molar-refractivity contribution in [3.63, 3.8) is 0 Å².